The molecule has 28 heavy (non-hydrogen) atoms. The SMILES string of the molecule is COc1ccc(C(=O)CCC(=O)N2CCNCC2c2nccn2C)cc1OC. The first-order valence-corrected chi connectivity index (χ1v) is 9.27. The fourth-order valence-corrected chi connectivity index (χ4v) is 3.45. The van der Waals surface area contributed by atoms with Crippen molar-refractivity contribution in [3.05, 3.63) is 42.0 Å². The molecule has 1 aliphatic rings. The molecule has 1 unspecified atom stereocenters. The topological polar surface area (TPSA) is 85.7 Å². The van der Waals surface area contributed by atoms with Crippen LogP contribution < -0.4 is 14.8 Å². The van der Waals surface area contributed by atoms with Crippen molar-refractivity contribution < 1.29 is 19.1 Å². The van der Waals surface area contributed by atoms with Crippen LogP contribution in [-0.4, -0.2) is 60.0 Å². The quantitative estimate of drug-likeness (QED) is 0.727. The van der Waals surface area contributed by atoms with Crippen LogP contribution in [0.25, 0.3) is 0 Å². The highest BCUT2D eigenvalue weighted by Crippen LogP contribution is 2.28. The minimum Gasteiger partial charge on any atom is -0.493 e. The Hall–Kier alpha value is -2.87. The third kappa shape index (κ3) is 4.17. The minimum atomic E-state index is -0.127. The van der Waals surface area contributed by atoms with E-state index in [1.165, 1.54) is 7.11 Å². The van der Waals surface area contributed by atoms with E-state index in [0.29, 0.717) is 30.2 Å². The van der Waals surface area contributed by atoms with Crippen LogP contribution in [0.5, 0.6) is 11.5 Å². The standard InChI is InChI=1S/C20H26N4O4/c1-23-10-9-22-20(23)15-13-21-8-11-24(15)19(26)7-5-16(25)14-4-6-17(27-2)18(12-14)28-3/h4,6,9-10,12,15,21H,5,7-8,11,13H2,1-3H3. The second kappa shape index (κ2) is 8.88. The number of carbonyl (C=O) groups excluding carboxylic acids is 2. The lowest BCUT2D eigenvalue weighted by Gasteiger charge is -2.35. The van der Waals surface area contributed by atoms with E-state index in [-0.39, 0.29) is 30.6 Å². The zero-order valence-corrected chi connectivity index (χ0v) is 16.5. The summed E-state index contributed by atoms with van der Waals surface area (Å²) in [6.45, 7) is 1.98. The number of hydrogen-bond acceptors (Lipinski definition) is 6. The summed E-state index contributed by atoms with van der Waals surface area (Å²) in [5, 5.41) is 3.31. The number of aryl methyl sites for hydroxylation is 1. The molecular formula is C20H26N4O4. The molecule has 1 amide bonds. The van der Waals surface area contributed by atoms with Gasteiger partial charge in [0.2, 0.25) is 5.91 Å². The van der Waals surface area contributed by atoms with Crippen LogP contribution in [0.15, 0.2) is 30.6 Å². The molecule has 2 aromatic rings. The number of benzene rings is 1. The third-order valence-electron chi connectivity index (χ3n) is 4.99. The zero-order valence-electron chi connectivity index (χ0n) is 16.5. The normalized spacial score (nSPS) is 16.7. The Kier molecular flexibility index (Phi) is 6.30. The van der Waals surface area contributed by atoms with Gasteiger partial charge in [-0.3, -0.25) is 9.59 Å². The Morgan fingerprint density at radius 2 is 2.00 bits per heavy atom. The number of ether oxygens (including phenoxy) is 2. The highest BCUT2D eigenvalue weighted by atomic mass is 16.5. The number of imidazole rings is 1. The molecule has 3 rings (SSSR count). The molecule has 0 aliphatic carbocycles. The largest absolute Gasteiger partial charge is 0.493 e. The van der Waals surface area contributed by atoms with E-state index in [9.17, 15) is 9.59 Å². The van der Waals surface area contributed by atoms with Gasteiger partial charge in [-0.2, -0.15) is 0 Å². The van der Waals surface area contributed by atoms with Crippen LogP contribution in [0.4, 0.5) is 0 Å². The average molecular weight is 386 g/mol. The molecule has 1 aromatic heterocycles. The number of carbonyl (C=O) groups is 2. The van der Waals surface area contributed by atoms with E-state index in [0.717, 1.165) is 12.4 Å². The fourth-order valence-electron chi connectivity index (χ4n) is 3.45. The Bertz CT molecular complexity index is 848. The van der Waals surface area contributed by atoms with Gasteiger partial charge in [0.1, 0.15) is 11.9 Å². The van der Waals surface area contributed by atoms with Gasteiger partial charge in [0.25, 0.3) is 0 Å². The number of methoxy groups -OCH3 is 2. The summed E-state index contributed by atoms with van der Waals surface area (Å²) in [6.07, 6.45) is 3.90. The Morgan fingerprint density at radius 3 is 2.68 bits per heavy atom. The predicted molar refractivity (Wildman–Crippen MR) is 104 cm³/mol. The molecule has 150 valence electrons. The number of Topliss-reactive ketones (excluding diaryl/α,β-unsaturated/α-hetero) is 1. The summed E-state index contributed by atoms with van der Waals surface area (Å²) < 4.78 is 12.4. The molecule has 1 N–H and O–H groups in total. The first-order valence-electron chi connectivity index (χ1n) is 9.27. The van der Waals surface area contributed by atoms with Crippen LogP contribution in [0.2, 0.25) is 0 Å². The molecule has 0 spiro atoms. The molecule has 0 saturated carbocycles. The maximum atomic E-state index is 12.8. The molecule has 1 fully saturated rings. The molecule has 1 saturated heterocycles. The lowest BCUT2D eigenvalue weighted by molar-refractivity contribution is -0.134. The highest BCUT2D eigenvalue weighted by Gasteiger charge is 2.30. The molecule has 8 nitrogen and oxygen atoms in total. The number of nitrogens with zero attached hydrogens (tertiary/aromatic N) is 3. The zero-order chi connectivity index (χ0) is 20.1. The number of aromatic nitrogens is 2. The number of nitrogens with one attached hydrogen (secondary N) is 1. The number of amides is 1. The summed E-state index contributed by atoms with van der Waals surface area (Å²) in [5.74, 6) is 1.76. The molecule has 1 atom stereocenters. The number of piperazine rings is 1. The van der Waals surface area contributed by atoms with Gasteiger partial charge in [0, 0.05) is 57.5 Å². The van der Waals surface area contributed by atoms with Crippen LogP contribution in [0, 0.1) is 0 Å². The van der Waals surface area contributed by atoms with Crippen molar-refractivity contribution in [3.63, 3.8) is 0 Å². The first-order chi connectivity index (χ1) is 13.5. The third-order valence-corrected chi connectivity index (χ3v) is 4.99. The second-order valence-corrected chi connectivity index (χ2v) is 6.70. The summed E-state index contributed by atoms with van der Waals surface area (Å²) in [7, 11) is 4.99. The maximum Gasteiger partial charge on any atom is 0.223 e. The van der Waals surface area contributed by atoms with E-state index in [2.05, 4.69) is 10.3 Å². The molecular weight excluding hydrogens is 360 g/mol. The van der Waals surface area contributed by atoms with Gasteiger partial charge >= 0.3 is 0 Å². The lowest BCUT2D eigenvalue weighted by Crippen LogP contribution is -2.49. The van der Waals surface area contributed by atoms with Crippen molar-refractivity contribution in [1.29, 1.82) is 0 Å². The minimum absolute atomic E-state index is 0.0386. The van der Waals surface area contributed by atoms with Crippen LogP contribution >= 0.6 is 0 Å². The van der Waals surface area contributed by atoms with Gasteiger partial charge in [-0.25, -0.2) is 4.98 Å². The van der Waals surface area contributed by atoms with Gasteiger partial charge in [-0.1, -0.05) is 0 Å². The number of ketones is 1. The van der Waals surface area contributed by atoms with Gasteiger partial charge in [0.15, 0.2) is 17.3 Å². The van der Waals surface area contributed by atoms with Gasteiger partial charge in [0.05, 0.1) is 14.2 Å². The summed E-state index contributed by atoms with van der Waals surface area (Å²) in [5.41, 5.74) is 0.506. The van der Waals surface area contributed by atoms with Gasteiger partial charge < -0.3 is 24.3 Å². The monoisotopic (exact) mass is 386 g/mol. The summed E-state index contributed by atoms with van der Waals surface area (Å²) in [6, 6.07) is 4.90. The van der Waals surface area contributed by atoms with Crippen molar-refractivity contribution in [2.24, 2.45) is 7.05 Å². The highest BCUT2D eigenvalue weighted by molar-refractivity contribution is 5.98. The second-order valence-electron chi connectivity index (χ2n) is 6.70. The predicted octanol–water partition coefficient (Wildman–Crippen LogP) is 1.57. The van der Waals surface area contributed by atoms with Crippen molar-refractivity contribution >= 4 is 11.7 Å². The molecule has 0 bridgehead atoms. The molecule has 1 aliphatic heterocycles. The van der Waals surface area contributed by atoms with Crippen LogP contribution in [-0.2, 0) is 11.8 Å². The van der Waals surface area contributed by atoms with E-state index in [4.69, 9.17) is 9.47 Å². The first kappa shape index (κ1) is 19.9. The Balaban J connectivity index is 1.65. The average Bonchev–Trinajstić information content (AvgIpc) is 3.16. The lowest BCUT2D eigenvalue weighted by atomic mass is 10.0. The Labute approximate surface area is 164 Å². The molecule has 1 aromatic carbocycles. The van der Waals surface area contributed by atoms with E-state index in [1.807, 2.05) is 22.7 Å². The van der Waals surface area contributed by atoms with E-state index >= 15 is 0 Å². The van der Waals surface area contributed by atoms with Crippen molar-refractivity contribution in [2.75, 3.05) is 33.9 Å². The summed E-state index contributed by atoms with van der Waals surface area (Å²) in [4.78, 5) is 31.6. The van der Waals surface area contributed by atoms with Crippen molar-refractivity contribution in [3.8, 4) is 11.5 Å². The number of rotatable bonds is 7. The Morgan fingerprint density at radius 1 is 1.21 bits per heavy atom. The summed E-state index contributed by atoms with van der Waals surface area (Å²) >= 11 is 0. The number of hydrogen-bond donors (Lipinski definition) is 1. The van der Waals surface area contributed by atoms with Crippen molar-refractivity contribution in [2.45, 2.75) is 18.9 Å². The maximum absolute atomic E-state index is 12.8. The fraction of sp³-hybridized carbons (Fsp3) is 0.450. The smallest absolute Gasteiger partial charge is 0.223 e. The van der Waals surface area contributed by atoms with E-state index < -0.39 is 0 Å². The molecule has 2 heterocycles. The molecule has 0 radical (unpaired) electrons. The molecule has 8 heteroatoms. The van der Waals surface area contributed by atoms with Crippen LogP contribution in [0.3, 0.4) is 0 Å². The van der Waals surface area contributed by atoms with E-state index in [1.54, 1.807) is 31.5 Å². The van der Waals surface area contributed by atoms with Gasteiger partial charge in [-0.05, 0) is 18.2 Å². The van der Waals surface area contributed by atoms with Crippen LogP contribution in [0.1, 0.15) is 35.1 Å². The van der Waals surface area contributed by atoms with Gasteiger partial charge in [-0.15, -0.1) is 0 Å². The van der Waals surface area contributed by atoms with Crippen molar-refractivity contribution in [1.82, 2.24) is 19.8 Å².